The average molecular weight is 399 g/mol. The van der Waals surface area contributed by atoms with Crippen LogP contribution in [0.15, 0.2) is 23.2 Å². The van der Waals surface area contributed by atoms with Crippen molar-refractivity contribution in [1.29, 1.82) is 0 Å². The fourth-order valence-electron chi connectivity index (χ4n) is 3.04. The van der Waals surface area contributed by atoms with Gasteiger partial charge in [0.2, 0.25) is 0 Å². The maximum Gasteiger partial charge on any atom is 0.416 e. The Labute approximate surface area is 161 Å². The van der Waals surface area contributed by atoms with E-state index in [-0.39, 0.29) is 18.2 Å². The highest BCUT2D eigenvalue weighted by Crippen LogP contribution is 2.32. The van der Waals surface area contributed by atoms with Gasteiger partial charge >= 0.3 is 6.18 Å². The first-order valence-corrected chi connectivity index (χ1v) is 8.84. The average Bonchev–Trinajstić information content (AvgIpc) is 2.84. The number of aliphatic imine (C=N–C) groups is 1. The Hall–Kier alpha value is -2.58. The third kappa shape index (κ3) is 5.24. The zero-order chi connectivity index (χ0) is 21.1. The highest BCUT2D eigenvalue weighted by atomic mass is 19.4. The molecule has 1 unspecified atom stereocenters. The molecule has 2 N–H and O–H groups in total. The van der Waals surface area contributed by atoms with Crippen molar-refractivity contribution < 1.29 is 17.6 Å². The van der Waals surface area contributed by atoms with Crippen molar-refractivity contribution in [3.63, 3.8) is 0 Å². The summed E-state index contributed by atoms with van der Waals surface area (Å²) in [7, 11) is 3.42. The maximum atomic E-state index is 13.2. The molecule has 2 rings (SSSR count). The number of benzene rings is 1. The molecule has 0 saturated carbocycles. The molecule has 0 aliphatic carbocycles. The van der Waals surface area contributed by atoms with Gasteiger partial charge in [-0.3, -0.25) is 9.67 Å². The van der Waals surface area contributed by atoms with Crippen molar-refractivity contribution in [2.45, 2.75) is 46.0 Å². The second-order valence-electron chi connectivity index (χ2n) is 6.75. The zero-order valence-electron chi connectivity index (χ0n) is 16.6. The number of hydrogen-bond donors (Lipinski definition) is 2. The summed E-state index contributed by atoms with van der Waals surface area (Å²) in [4.78, 5) is 4.06. The molecule has 0 spiro atoms. The molecule has 0 aliphatic heterocycles. The SMILES string of the molecule is CN=C(NCc1ccc(F)cc1C(F)(F)F)NC(C)Cc1c(C)nn(C)c1C. The molecule has 1 aromatic carbocycles. The molecular weight excluding hydrogens is 374 g/mol. The molecule has 2 aromatic rings. The first-order chi connectivity index (χ1) is 13.0. The van der Waals surface area contributed by atoms with E-state index in [1.165, 1.54) is 7.05 Å². The van der Waals surface area contributed by atoms with Crippen LogP contribution in [-0.2, 0) is 26.2 Å². The number of aryl methyl sites for hydroxylation is 2. The van der Waals surface area contributed by atoms with E-state index in [1.807, 2.05) is 32.5 Å². The Morgan fingerprint density at radius 1 is 1.29 bits per heavy atom. The normalized spacial score (nSPS) is 13.5. The van der Waals surface area contributed by atoms with Crippen molar-refractivity contribution in [3.8, 4) is 0 Å². The highest BCUT2D eigenvalue weighted by molar-refractivity contribution is 5.80. The van der Waals surface area contributed by atoms with Crippen LogP contribution in [0.25, 0.3) is 0 Å². The van der Waals surface area contributed by atoms with Gasteiger partial charge in [-0.05, 0) is 50.5 Å². The third-order valence-corrected chi connectivity index (χ3v) is 4.60. The van der Waals surface area contributed by atoms with E-state index in [2.05, 4.69) is 20.7 Å². The minimum Gasteiger partial charge on any atom is -0.354 e. The molecule has 1 aromatic heterocycles. The summed E-state index contributed by atoms with van der Waals surface area (Å²) in [6, 6.07) is 2.62. The Balaban J connectivity index is 2.04. The van der Waals surface area contributed by atoms with Gasteiger partial charge in [-0.1, -0.05) is 6.07 Å². The first-order valence-electron chi connectivity index (χ1n) is 8.84. The van der Waals surface area contributed by atoms with Crippen LogP contribution in [0.2, 0.25) is 0 Å². The second kappa shape index (κ2) is 8.62. The molecule has 9 heteroatoms. The van der Waals surface area contributed by atoms with Crippen molar-refractivity contribution in [2.75, 3.05) is 7.05 Å². The zero-order valence-corrected chi connectivity index (χ0v) is 16.6. The number of hydrogen-bond acceptors (Lipinski definition) is 2. The summed E-state index contributed by atoms with van der Waals surface area (Å²) in [6.45, 7) is 5.75. The number of aromatic nitrogens is 2. The van der Waals surface area contributed by atoms with Crippen molar-refractivity contribution in [1.82, 2.24) is 20.4 Å². The molecule has 0 amide bonds. The largest absolute Gasteiger partial charge is 0.416 e. The summed E-state index contributed by atoms with van der Waals surface area (Å²) in [6.07, 6.45) is -3.94. The lowest BCUT2D eigenvalue weighted by molar-refractivity contribution is -0.138. The summed E-state index contributed by atoms with van der Waals surface area (Å²) >= 11 is 0. The molecule has 0 bridgehead atoms. The molecule has 0 aliphatic rings. The van der Waals surface area contributed by atoms with Crippen LogP contribution < -0.4 is 10.6 Å². The van der Waals surface area contributed by atoms with Crippen LogP contribution in [-0.4, -0.2) is 28.8 Å². The van der Waals surface area contributed by atoms with E-state index in [4.69, 9.17) is 0 Å². The van der Waals surface area contributed by atoms with Crippen LogP contribution in [0.1, 0.15) is 35.0 Å². The van der Waals surface area contributed by atoms with Crippen LogP contribution in [0, 0.1) is 19.7 Å². The summed E-state index contributed by atoms with van der Waals surface area (Å²) in [5.41, 5.74) is 2.08. The van der Waals surface area contributed by atoms with Crippen LogP contribution in [0.4, 0.5) is 17.6 Å². The number of nitrogens with one attached hydrogen (secondary N) is 2. The van der Waals surface area contributed by atoms with E-state index in [0.29, 0.717) is 18.4 Å². The van der Waals surface area contributed by atoms with Gasteiger partial charge in [-0.2, -0.15) is 18.3 Å². The summed E-state index contributed by atoms with van der Waals surface area (Å²) < 4.78 is 54.4. The fourth-order valence-corrected chi connectivity index (χ4v) is 3.04. The van der Waals surface area contributed by atoms with Crippen LogP contribution in [0.3, 0.4) is 0 Å². The summed E-state index contributed by atoms with van der Waals surface area (Å²) in [5, 5.41) is 10.4. The van der Waals surface area contributed by atoms with E-state index in [1.54, 1.807) is 0 Å². The predicted octanol–water partition coefficient (Wildman–Crippen LogP) is 3.49. The fraction of sp³-hybridized carbons (Fsp3) is 0.474. The van der Waals surface area contributed by atoms with Gasteiger partial charge in [0, 0.05) is 32.4 Å². The Morgan fingerprint density at radius 3 is 2.50 bits per heavy atom. The van der Waals surface area contributed by atoms with Crippen molar-refractivity contribution in [3.05, 3.63) is 52.1 Å². The lowest BCUT2D eigenvalue weighted by atomic mass is 10.1. The third-order valence-electron chi connectivity index (χ3n) is 4.60. The predicted molar refractivity (Wildman–Crippen MR) is 101 cm³/mol. The van der Waals surface area contributed by atoms with Gasteiger partial charge in [-0.15, -0.1) is 0 Å². The molecule has 154 valence electrons. The molecule has 1 heterocycles. The monoisotopic (exact) mass is 399 g/mol. The van der Waals surface area contributed by atoms with Gasteiger partial charge in [0.15, 0.2) is 5.96 Å². The van der Waals surface area contributed by atoms with Crippen molar-refractivity contribution in [2.24, 2.45) is 12.0 Å². The summed E-state index contributed by atoms with van der Waals surface area (Å²) in [5.74, 6) is -0.557. The maximum absolute atomic E-state index is 13.2. The van der Waals surface area contributed by atoms with E-state index in [0.717, 1.165) is 29.1 Å². The van der Waals surface area contributed by atoms with Crippen LogP contribution >= 0.6 is 0 Å². The smallest absolute Gasteiger partial charge is 0.354 e. The van der Waals surface area contributed by atoms with Gasteiger partial charge in [0.1, 0.15) is 5.82 Å². The number of alkyl halides is 3. The van der Waals surface area contributed by atoms with Crippen LogP contribution in [0.5, 0.6) is 0 Å². The Morgan fingerprint density at radius 2 is 1.96 bits per heavy atom. The number of guanidine groups is 1. The standard InChI is InChI=1S/C19H25F4N5/c1-11(8-16-12(2)27-28(5)13(16)3)26-18(24-4)25-10-14-6-7-15(20)9-17(14)19(21,22)23/h6-7,9,11H,8,10H2,1-5H3,(H2,24,25,26). The highest BCUT2D eigenvalue weighted by Gasteiger charge is 2.33. The number of halogens is 4. The molecule has 0 radical (unpaired) electrons. The molecule has 1 atom stereocenters. The first kappa shape index (κ1) is 21.7. The van der Waals surface area contributed by atoms with Gasteiger partial charge < -0.3 is 10.6 Å². The minimum atomic E-state index is -4.63. The van der Waals surface area contributed by atoms with E-state index < -0.39 is 17.6 Å². The van der Waals surface area contributed by atoms with E-state index in [9.17, 15) is 17.6 Å². The van der Waals surface area contributed by atoms with Gasteiger partial charge in [0.25, 0.3) is 0 Å². The van der Waals surface area contributed by atoms with Crippen molar-refractivity contribution >= 4 is 5.96 Å². The topological polar surface area (TPSA) is 54.2 Å². The quantitative estimate of drug-likeness (QED) is 0.460. The lowest BCUT2D eigenvalue weighted by Crippen LogP contribution is -2.43. The minimum absolute atomic E-state index is 0.0249. The Kier molecular flexibility index (Phi) is 6.69. The number of nitrogens with zero attached hydrogens (tertiary/aromatic N) is 3. The number of rotatable bonds is 5. The molecule has 0 fully saturated rings. The molecular formula is C19H25F4N5. The lowest BCUT2D eigenvalue weighted by Gasteiger charge is -2.19. The molecule has 0 saturated heterocycles. The Bertz CT molecular complexity index is 855. The van der Waals surface area contributed by atoms with E-state index >= 15 is 0 Å². The molecule has 28 heavy (non-hydrogen) atoms. The second-order valence-corrected chi connectivity index (χ2v) is 6.75. The van der Waals surface area contributed by atoms with Gasteiger partial charge in [-0.25, -0.2) is 4.39 Å². The van der Waals surface area contributed by atoms with Gasteiger partial charge in [0.05, 0.1) is 11.3 Å². The molecule has 5 nitrogen and oxygen atoms in total.